The molecule has 19 heavy (non-hydrogen) atoms. The number of aromatic amines is 1. The number of amides is 2. The lowest BCUT2D eigenvalue weighted by molar-refractivity contribution is -0.139. The zero-order valence-electron chi connectivity index (χ0n) is 10.3. The molecule has 7 nitrogen and oxygen atoms in total. The first-order chi connectivity index (χ1) is 9.16. The lowest BCUT2D eigenvalue weighted by Crippen LogP contribution is -2.51. The van der Waals surface area contributed by atoms with E-state index in [1.54, 1.807) is 22.9 Å². The van der Waals surface area contributed by atoms with Crippen molar-refractivity contribution in [2.75, 3.05) is 24.6 Å². The Morgan fingerprint density at radius 3 is 2.84 bits per heavy atom. The van der Waals surface area contributed by atoms with Crippen LogP contribution in [0.25, 0.3) is 0 Å². The topological polar surface area (TPSA) is 98.3 Å². The van der Waals surface area contributed by atoms with Gasteiger partial charge in [-0.15, -0.1) is 0 Å². The molecule has 0 bridgehead atoms. The van der Waals surface area contributed by atoms with E-state index in [1.165, 1.54) is 6.33 Å². The van der Waals surface area contributed by atoms with E-state index in [0.29, 0.717) is 18.8 Å². The summed E-state index contributed by atoms with van der Waals surface area (Å²) in [5, 5.41) is 11.7. The molecule has 1 aliphatic heterocycles. The third kappa shape index (κ3) is 3.88. The van der Waals surface area contributed by atoms with Gasteiger partial charge in [-0.05, 0) is 0 Å². The number of carbonyl (C=O) groups excluding carboxylic acids is 1. The predicted octanol–water partition coefficient (Wildman–Crippen LogP) is 0.164. The van der Waals surface area contributed by atoms with Crippen LogP contribution in [0, 0.1) is 0 Å². The van der Waals surface area contributed by atoms with Crippen LogP contribution in [0.15, 0.2) is 12.5 Å². The van der Waals surface area contributed by atoms with Crippen molar-refractivity contribution in [3.8, 4) is 0 Å². The Morgan fingerprint density at radius 2 is 2.26 bits per heavy atom. The van der Waals surface area contributed by atoms with E-state index in [1.807, 2.05) is 0 Å². The molecule has 0 saturated carbocycles. The summed E-state index contributed by atoms with van der Waals surface area (Å²) in [6, 6.07) is -1.25. The highest BCUT2D eigenvalue weighted by molar-refractivity contribution is 7.99. The molecule has 0 radical (unpaired) electrons. The van der Waals surface area contributed by atoms with Gasteiger partial charge in [-0.2, -0.15) is 11.8 Å². The molecule has 2 rings (SSSR count). The molecule has 1 unspecified atom stereocenters. The van der Waals surface area contributed by atoms with Crippen LogP contribution < -0.4 is 5.32 Å². The number of H-pyrrole nitrogens is 1. The molecule has 1 saturated heterocycles. The Balaban J connectivity index is 1.92. The number of hydrogen-bond acceptors (Lipinski definition) is 4. The Bertz CT molecular complexity index is 431. The fourth-order valence-electron chi connectivity index (χ4n) is 1.82. The van der Waals surface area contributed by atoms with E-state index in [-0.39, 0.29) is 12.5 Å². The second-order valence-electron chi connectivity index (χ2n) is 4.22. The van der Waals surface area contributed by atoms with Crippen molar-refractivity contribution < 1.29 is 14.7 Å². The lowest BCUT2D eigenvalue weighted by Gasteiger charge is -2.28. The molecule has 1 fully saturated rings. The number of aliphatic carboxylic acids is 1. The summed E-state index contributed by atoms with van der Waals surface area (Å²) in [7, 11) is 0. The third-order valence-electron chi connectivity index (χ3n) is 2.87. The number of aromatic nitrogens is 2. The monoisotopic (exact) mass is 284 g/mol. The van der Waals surface area contributed by atoms with Crippen molar-refractivity contribution >= 4 is 23.8 Å². The van der Waals surface area contributed by atoms with Gasteiger partial charge in [0.05, 0.1) is 6.33 Å². The zero-order valence-corrected chi connectivity index (χ0v) is 11.2. The van der Waals surface area contributed by atoms with Crippen LogP contribution in [0.3, 0.4) is 0 Å². The summed E-state index contributed by atoms with van der Waals surface area (Å²) in [6.07, 6.45) is 3.24. The minimum absolute atomic E-state index is 0.198. The van der Waals surface area contributed by atoms with Gasteiger partial charge in [0.1, 0.15) is 6.04 Å². The van der Waals surface area contributed by atoms with Crippen LogP contribution in [0.2, 0.25) is 0 Å². The van der Waals surface area contributed by atoms with E-state index >= 15 is 0 Å². The maximum absolute atomic E-state index is 12.0. The van der Waals surface area contributed by atoms with Crippen molar-refractivity contribution in [3.05, 3.63) is 18.2 Å². The largest absolute Gasteiger partial charge is 0.480 e. The quantitative estimate of drug-likeness (QED) is 0.732. The number of urea groups is 1. The van der Waals surface area contributed by atoms with Gasteiger partial charge in [0.2, 0.25) is 0 Å². The number of hydrogen-bond donors (Lipinski definition) is 3. The summed E-state index contributed by atoms with van der Waals surface area (Å²) >= 11 is 1.79. The van der Waals surface area contributed by atoms with Gasteiger partial charge in [0.15, 0.2) is 0 Å². The summed E-state index contributed by atoms with van der Waals surface area (Å²) in [5.74, 6) is 0.742. The number of carboxylic acid groups (broad SMARTS) is 1. The lowest BCUT2D eigenvalue weighted by atomic mass is 10.1. The van der Waals surface area contributed by atoms with Gasteiger partial charge in [-0.25, -0.2) is 14.6 Å². The molecule has 1 aliphatic rings. The van der Waals surface area contributed by atoms with Crippen LogP contribution >= 0.6 is 11.8 Å². The van der Waals surface area contributed by atoms with Crippen molar-refractivity contribution in [1.82, 2.24) is 20.2 Å². The van der Waals surface area contributed by atoms with Crippen molar-refractivity contribution in [2.24, 2.45) is 0 Å². The second-order valence-corrected chi connectivity index (χ2v) is 5.45. The zero-order chi connectivity index (χ0) is 13.7. The van der Waals surface area contributed by atoms with Crippen molar-refractivity contribution in [3.63, 3.8) is 0 Å². The first-order valence-corrected chi connectivity index (χ1v) is 7.15. The first kappa shape index (κ1) is 13.7. The van der Waals surface area contributed by atoms with Crippen LogP contribution in [-0.2, 0) is 11.2 Å². The van der Waals surface area contributed by atoms with E-state index in [9.17, 15) is 9.59 Å². The molecule has 0 spiro atoms. The van der Waals surface area contributed by atoms with E-state index in [4.69, 9.17) is 5.11 Å². The summed E-state index contributed by atoms with van der Waals surface area (Å²) in [6.45, 7) is 1.32. The van der Waals surface area contributed by atoms with E-state index < -0.39 is 12.0 Å². The molecule has 104 valence electrons. The van der Waals surface area contributed by atoms with E-state index in [2.05, 4.69) is 15.3 Å². The Morgan fingerprint density at radius 1 is 1.53 bits per heavy atom. The maximum atomic E-state index is 12.0. The molecule has 2 heterocycles. The smallest absolute Gasteiger partial charge is 0.326 e. The minimum Gasteiger partial charge on any atom is -0.480 e. The number of nitrogens with zero attached hydrogens (tertiary/aromatic N) is 2. The van der Waals surface area contributed by atoms with Crippen molar-refractivity contribution in [1.29, 1.82) is 0 Å². The Hall–Kier alpha value is -1.70. The molecular formula is C11H16N4O3S. The van der Waals surface area contributed by atoms with Crippen molar-refractivity contribution in [2.45, 2.75) is 12.5 Å². The molecule has 0 aromatic carbocycles. The fraction of sp³-hybridized carbons (Fsp3) is 0.545. The minimum atomic E-state index is -1.05. The number of carbonyl (C=O) groups is 2. The van der Waals surface area contributed by atoms with Gasteiger partial charge in [-0.1, -0.05) is 0 Å². The summed E-state index contributed by atoms with van der Waals surface area (Å²) < 4.78 is 0. The SMILES string of the molecule is O=C(O)C(Cc1cnc[nH]1)NC(=O)N1CCSCC1. The molecule has 1 atom stereocenters. The molecule has 1 aromatic heterocycles. The first-order valence-electron chi connectivity index (χ1n) is 6.00. The van der Waals surface area contributed by atoms with Crippen LogP contribution in [0.5, 0.6) is 0 Å². The highest BCUT2D eigenvalue weighted by Gasteiger charge is 2.24. The van der Waals surface area contributed by atoms with Gasteiger partial charge in [0.25, 0.3) is 0 Å². The number of imidazole rings is 1. The maximum Gasteiger partial charge on any atom is 0.326 e. The molecule has 8 heteroatoms. The average Bonchev–Trinajstić information content (AvgIpc) is 2.91. The molecular weight excluding hydrogens is 268 g/mol. The van der Waals surface area contributed by atoms with Crippen LogP contribution in [-0.4, -0.2) is 62.6 Å². The van der Waals surface area contributed by atoms with Gasteiger partial charge in [0, 0.05) is 42.9 Å². The van der Waals surface area contributed by atoms with E-state index in [0.717, 1.165) is 11.5 Å². The molecule has 3 N–H and O–H groups in total. The number of thioether (sulfide) groups is 1. The summed E-state index contributed by atoms with van der Waals surface area (Å²) in [5.41, 5.74) is 0.682. The van der Waals surface area contributed by atoms with Crippen LogP contribution in [0.4, 0.5) is 4.79 Å². The highest BCUT2D eigenvalue weighted by Crippen LogP contribution is 2.09. The Labute approximate surface area is 114 Å². The number of carboxylic acids is 1. The van der Waals surface area contributed by atoms with Gasteiger partial charge in [-0.3, -0.25) is 0 Å². The fourth-order valence-corrected chi connectivity index (χ4v) is 2.73. The highest BCUT2D eigenvalue weighted by atomic mass is 32.2. The number of nitrogens with one attached hydrogen (secondary N) is 2. The molecule has 0 aliphatic carbocycles. The predicted molar refractivity (Wildman–Crippen MR) is 71.1 cm³/mol. The standard InChI is InChI=1S/C11H16N4O3S/c16-10(17)9(5-8-6-12-7-13-8)14-11(18)15-1-3-19-4-2-15/h6-7,9H,1-5H2,(H,12,13)(H,14,18)(H,16,17). The molecule has 1 aromatic rings. The normalized spacial score (nSPS) is 16.9. The summed E-state index contributed by atoms with van der Waals surface area (Å²) in [4.78, 5) is 31.4. The molecule has 2 amide bonds. The van der Waals surface area contributed by atoms with Crippen LogP contribution in [0.1, 0.15) is 5.69 Å². The Kier molecular flexibility index (Phi) is 4.67. The second kappa shape index (κ2) is 6.46. The average molecular weight is 284 g/mol. The van der Waals surface area contributed by atoms with Gasteiger partial charge < -0.3 is 20.3 Å². The third-order valence-corrected chi connectivity index (χ3v) is 3.82. The van der Waals surface area contributed by atoms with Gasteiger partial charge >= 0.3 is 12.0 Å². The number of rotatable bonds is 4.